The van der Waals surface area contributed by atoms with Crippen LogP contribution in [0.2, 0.25) is 0 Å². The van der Waals surface area contributed by atoms with E-state index in [0.29, 0.717) is 17.1 Å². The van der Waals surface area contributed by atoms with Gasteiger partial charge in [0.25, 0.3) is 5.91 Å². The number of halogens is 1. The minimum Gasteiger partial charge on any atom is -0.378 e. The minimum absolute atomic E-state index is 0.291. The minimum atomic E-state index is -0.365. The molecule has 5 heteroatoms. The fourth-order valence-electron chi connectivity index (χ4n) is 2.27. The second kappa shape index (κ2) is 6.04. The van der Waals surface area contributed by atoms with Crippen molar-refractivity contribution in [1.29, 1.82) is 0 Å². The molecular formula is C18H16FN3O. The molecule has 3 rings (SSSR count). The van der Waals surface area contributed by atoms with Crippen molar-refractivity contribution in [3.05, 3.63) is 71.2 Å². The highest BCUT2D eigenvalue weighted by Crippen LogP contribution is 2.18. The largest absolute Gasteiger partial charge is 0.378 e. The van der Waals surface area contributed by atoms with Crippen molar-refractivity contribution in [3.8, 4) is 0 Å². The van der Waals surface area contributed by atoms with Gasteiger partial charge in [0.1, 0.15) is 17.3 Å². The van der Waals surface area contributed by atoms with E-state index in [2.05, 4.69) is 10.3 Å². The summed E-state index contributed by atoms with van der Waals surface area (Å²) in [5, 5.41) is 2.67. The molecule has 0 saturated carbocycles. The van der Waals surface area contributed by atoms with Gasteiger partial charge >= 0.3 is 0 Å². The molecule has 0 fully saturated rings. The first-order valence-electron chi connectivity index (χ1n) is 7.18. The van der Waals surface area contributed by atoms with Crippen LogP contribution in [0.1, 0.15) is 11.1 Å². The van der Waals surface area contributed by atoms with Crippen LogP contribution in [-0.4, -0.2) is 25.8 Å². The van der Waals surface area contributed by atoms with Crippen LogP contribution >= 0.6 is 0 Å². The van der Waals surface area contributed by atoms with Gasteiger partial charge in [0.15, 0.2) is 0 Å². The van der Waals surface area contributed by atoms with Crippen LogP contribution in [0.25, 0.3) is 6.08 Å². The summed E-state index contributed by atoms with van der Waals surface area (Å²) in [6.07, 6.45) is 1.71. The highest BCUT2D eigenvalue weighted by molar-refractivity contribution is 6.19. The van der Waals surface area contributed by atoms with Gasteiger partial charge in [0.05, 0.1) is 0 Å². The zero-order chi connectivity index (χ0) is 16.4. The van der Waals surface area contributed by atoms with Gasteiger partial charge in [-0.05, 0) is 35.9 Å². The summed E-state index contributed by atoms with van der Waals surface area (Å²) in [5.41, 5.74) is 2.81. The third-order valence-electron chi connectivity index (χ3n) is 3.51. The summed E-state index contributed by atoms with van der Waals surface area (Å²) in [7, 11) is 3.93. The lowest BCUT2D eigenvalue weighted by molar-refractivity contribution is -0.115. The number of carbonyl (C=O) groups is 1. The Morgan fingerprint density at radius 2 is 1.87 bits per heavy atom. The standard InChI is InChI=1S/C18H16FN3O/c1-22(2)15-8-6-12(7-9-15)10-16-18(23)21-17(20-16)13-4-3-5-14(19)11-13/h3-11H,1-2H3,(H,20,21,23)/b16-10+. The number of benzene rings is 2. The van der Waals surface area contributed by atoms with Gasteiger partial charge in [-0.3, -0.25) is 4.79 Å². The van der Waals surface area contributed by atoms with Crippen molar-refractivity contribution in [1.82, 2.24) is 5.32 Å². The number of carbonyl (C=O) groups excluding carboxylic acids is 1. The number of amidine groups is 1. The molecule has 0 atom stereocenters. The molecule has 1 heterocycles. The first-order chi connectivity index (χ1) is 11.0. The molecule has 1 aliphatic heterocycles. The van der Waals surface area contributed by atoms with Crippen LogP contribution in [0.3, 0.4) is 0 Å². The van der Waals surface area contributed by atoms with Crippen molar-refractivity contribution in [3.63, 3.8) is 0 Å². The molecule has 1 amide bonds. The molecule has 0 bridgehead atoms. The molecule has 0 radical (unpaired) electrons. The summed E-state index contributed by atoms with van der Waals surface area (Å²) in [4.78, 5) is 18.3. The molecular weight excluding hydrogens is 293 g/mol. The Hall–Kier alpha value is -2.95. The fourth-order valence-corrected chi connectivity index (χ4v) is 2.27. The van der Waals surface area contributed by atoms with Gasteiger partial charge in [-0.15, -0.1) is 0 Å². The molecule has 116 valence electrons. The Balaban J connectivity index is 1.88. The summed E-state index contributed by atoms with van der Waals surface area (Å²) in [5.74, 6) is -0.289. The number of nitrogens with zero attached hydrogens (tertiary/aromatic N) is 2. The van der Waals surface area contributed by atoms with E-state index in [1.165, 1.54) is 12.1 Å². The SMILES string of the molecule is CN(C)c1ccc(/C=C2/N=C(c3cccc(F)c3)NC2=O)cc1. The molecule has 2 aromatic rings. The fraction of sp³-hybridized carbons (Fsp3) is 0.111. The van der Waals surface area contributed by atoms with Crippen LogP contribution in [0.4, 0.5) is 10.1 Å². The molecule has 1 N–H and O–H groups in total. The quantitative estimate of drug-likeness (QED) is 0.886. The first-order valence-corrected chi connectivity index (χ1v) is 7.18. The van der Waals surface area contributed by atoms with Gasteiger partial charge in [0.2, 0.25) is 0 Å². The maximum absolute atomic E-state index is 13.3. The smallest absolute Gasteiger partial charge is 0.275 e. The van der Waals surface area contributed by atoms with E-state index >= 15 is 0 Å². The molecule has 0 aromatic heterocycles. The topological polar surface area (TPSA) is 44.7 Å². The molecule has 0 spiro atoms. The Morgan fingerprint density at radius 3 is 2.52 bits per heavy atom. The van der Waals surface area contributed by atoms with Gasteiger partial charge in [-0.25, -0.2) is 9.38 Å². The first kappa shape index (κ1) is 15.0. The average molecular weight is 309 g/mol. The molecule has 4 nitrogen and oxygen atoms in total. The van der Waals surface area contributed by atoms with Crippen LogP contribution in [0.5, 0.6) is 0 Å². The zero-order valence-corrected chi connectivity index (χ0v) is 12.9. The predicted octanol–water partition coefficient (Wildman–Crippen LogP) is 2.81. The second-order valence-corrected chi connectivity index (χ2v) is 5.44. The summed E-state index contributed by atoms with van der Waals surface area (Å²) >= 11 is 0. The Labute approximate surface area is 134 Å². The number of aliphatic imine (C=N–C) groups is 1. The number of nitrogens with one attached hydrogen (secondary N) is 1. The lowest BCUT2D eigenvalue weighted by atomic mass is 10.1. The number of anilines is 1. The number of amides is 1. The van der Waals surface area contributed by atoms with E-state index in [-0.39, 0.29) is 11.7 Å². The van der Waals surface area contributed by atoms with E-state index in [9.17, 15) is 9.18 Å². The summed E-state index contributed by atoms with van der Waals surface area (Å²) < 4.78 is 13.3. The highest BCUT2D eigenvalue weighted by Gasteiger charge is 2.21. The Morgan fingerprint density at radius 1 is 1.13 bits per heavy atom. The third kappa shape index (κ3) is 3.29. The lowest BCUT2D eigenvalue weighted by Gasteiger charge is -2.11. The monoisotopic (exact) mass is 309 g/mol. The molecule has 0 aliphatic carbocycles. The molecule has 0 saturated heterocycles. The average Bonchev–Trinajstić information content (AvgIpc) is 2.89. The van der Waals surface area contributed by atoms with Gasteiger partial charge in [-0.1, -0.05) is 24.3 Å². The van der Waals surface area contributed by atoms with Gasteiger partial charge in [-0.2, -0.15) is 0 Å². The van der Waals surface area contributed by atoms with Crippen LogP contribution in [-0.2, 0) is 4.79 Å². The van der Waals surface area contributed by atoms with Crippen LogP contribution < -0.4 is 10.2 Å². The van der Waals surface area contributed by atoms with Crippen molar-refractivity contribution >= 4 is 23.5 Å². The maximum Gasteiger partial charge on any atom is 0.275 e. The van der Waals surface area contributed by atoms with E-state index in [0.717, 1.165) is 11.3 Å². The van der Waals surface area contributed by atoms with Gasteiger partial charge in [0, 0.05) is 25.3 Å². The normalized spacial score (nSPS) is 15.5. The molecule has 0 unspecified atom stereocenters. The highest BCUT2D eigenvalue weighted by atomic mass is 19.1. The maximum atomic E-state index is 13.3. The van der Waals surface area contributed by atoms with E-state index < -0.39 is 0 Å². The number of hydrogen-bond acceptors (Lipinski definition) is 3. The molecule has 23 heavy (non-hydrogen) atoms. The molecule has 1 aliphatic rings. The van der Waals surface area contributed by atoms with Crippen molar-refractivity contribution in [2.45, 2.75) is 0 Å². The van der Waals surface area contributed by atoms with E-state index in [1.807, 2.05) is 43.3 Å². The van der Waals surface area contributed by atoms with E-state index in [1.54, 1.807) is 18.2 Å². The van der Waals surface area contributed by atoms with Crippen molar-refractivity contribution in [2.24, 2.45) is 4.99 Å². The Kier molecular flexibility index (Phi) is 3.93. The van der Waals surface area contributed by atoms with Gasteiger partial charge < -0.3 is 10.2 Å². The third-order valence-corrected chi connectivity index (χ3v) is 3.51. The van der Waals surface area contributed by atoms with Crippen molar-refractivity contribution in [2.75, 3.05) is 19.0 Å². The second-order valence-electron chi connectivity index (χ2n) is 5.44. The number of rotatable bonds is 3. The molecule has 2 aromatic carbocycles. The van der Waals surface area contributed by atoms with Crippen molar-refractivity contribution < 1.29 is 9.18 Å². The van der Waals surface area contributed by atoms with E-state index in [4.69, 9.17) is 0 Å². The van der Waals surface area contributed by atoms with Crippen LogP contribution in [0, 0.1) is 5.82 Å². The Bertz CT molecular complexity index is 807. The zero-order valence-electron chi connectivity index (χ0n) is 12.9. The summed E-state index contributed by atoms with van der Waals surface area (Å²) in [6, 6.07) is 13.8. The van der Waals surface area contributed by atoms with Crippen LogP contribution in [0.15, 0.2) is 59.2 Å². The summed E-state index contributed by atoms with van der Waals surface area (Å²) in [6.45, 7) is 0. The predicted molar refractivity (Wildman–Crippen MR) is 89.8 cm³/mol. The lowest BCUT2D eigenvalue weighted by Crippen LogP contribution is -2.24. The number of hydrogen-bond donors (Lipinski definition) is 1.